The van der Waals surface area contributed by atoms with Crippen LogP contribution in [0.4, 0.5) is 5.82 Å². The van der Waals surface area contributed by atoms with Crippen molar-refractivity contribution in [1.29, 1.82) is 0 Å². The first-order chi connectivity index (χ1) is 22.5. The van der Waals surface area contributed by atoms with Gasteiger partial charge < -0.3 is 36.4 Å². The smallest absolute Gasteiger partial charge is 0.328 e. The zero-order valence-corrected chi connectivity index (χ0v) is 26.9. The molecule has 9 heteroatoms. The molecular weight excluding hydrogens is 578 g/mol. The number of aromatic amines is 1. The number of aromatic nitrogens is 1. The van der Waals surface area contributed by atoms with Gasteiger partial charge in [-0.3, -0.25) is 4.99 Å². The van der Waals surface area contributed by atoms with Crippen LogP contribution < -0.4 is 11.1 Å². The first kappa shape index (κ1) is 34.8. The van der Waals surface area contributed by atoms with Gasteiger partial charge in [-0.15, -0.1) is 0 Å². The molecule has 6 N–H and O–H groups in total. The normalized spacial score (nSPS) is 16.4. The molecule has 1 aliphatic heterocycles. The number of nitrogens with two attached hydrogens (primary N) is 1. The van der Waals surface area contributed by atoms with Gasteiger partial charge in [0.15, 0.2) is 5.96 Å². The van der Waals surface area contributed by atoms with Crippen molar-refractivity contribution in [1.82, 2.24) is 10.3 Å². The third-order valence-corrected chi connectivity index (χ3v) is 8.94. The predicted octanol–water partition coefficient (Wildman–Crippen LogP) is 7.04. The number of hydrogen-bond donors (Lipinski definition) is 5. The van der Waals surface area contributed by atoms with Gasteiger partial charge in [0.1, 0.15) is 6.29 Å². The number of benzene rings is 2. The van der Waals surface area contributed by atoms with Crippen LogP contribution in [0.15, 0.2) is 71.4 Å². The molecule has 0 radical (unpaired) electrons. The average Bonchev–Trinajstić information content (AvgIpc) is 3.57. The number of aldehydes is 1. The van der Waals surface area contributed by atoms with Crippen LogP contribution in [0.5, 0.6) is 0 Å². The van der Waals surface area contributed by atoms with Crippen molar-refractivity contribution in [2.45, 2.75) is 101 Å². The average molecular weight is 629 g/mol. The van der Waals surface area contributed by atoms with E-state index < -0.39 is 5.97 Å². The zero-order chi connectivity index (χ0) is 32.6. The molecule has 0 bridgehead atoms. The number of H-pyrrole nitrogens is 1. The second-order valence-electron chi connectivity index (χ2n) is 12.4. The Morgan fingerprint density at radius 2 is 1.74 bits per heavy atom. The molecule has 0 saturated heterocycles. The van der Waals surface area contributed by atoms with Gasteiger partial charge in [-0.2, -0.15) is 0 Å². The monoisotopic (exact) mass is 628 g/mol. The minimum atomic E-state index is -1.00. The fourth-order valence-electron chi connectivity index (χ4n) is 6.50. The van der Waals surface area contributed by atoms with Crippen LogP contribution in [0.1, 0.15) is 94.1 Å². The summed E-state index contributed by atoms with van der Waals surface area (Å²) in [5, 5.41) is 29.4. The summed E-state index contributed by atoms with van der Waals surface area (Å²) in [6.07, 6.45) is 16.7. The second kappa shape index (κ2) is 18.8. The summed E-state index contributed by atoms with van der Waals surface area (Å²) in [4.78, 5) is 30.6. The van der Waals surface area contributed by atoms with Gasteiger partial charge in [-0.05, 0) is 71.5 Å². The Hall–Kier alpha value is -4.11. The van der Waals surface area contributed by atoms with E-state index in [1.165, 1.54) is 43.7 Å². The highest BCUT2D eigenvalue weighted by molar-refractivity contribution is 5.85. The minimum Gasteiger partial charge on any atom is -0.478 e. The summed E-state index contributed by atoms with van der Waals surface area (Å²) in [6, 6.07) is 16.0. The first-order valence-electron chi connectivity index (χ1n) is 16.9. The number of carbonyl (C=O) groups excluding carboxylic acids is 1. The zero-order valence-electron chi connectivity index (χ0n) is 26.9. The first-order valence-corrected chi connectivity index (χ1v) is 16.9. The van der Waals surface area contributed by atoms with E-state index in [1.807, 2.05) is 24.4 Å². The lowest BCUT2D eigenvalue weighted by Crippen LogP contribution is -2.46. The Balaban J connectivity index is 1.54. The Labute approximate surface area is 272 Å². The molecule has 3 atom stereocenters. The topological polar surface area (TPSA) is 155 Å². The number of carbonyl (C=O) groups is 2. The van der Waals surface area contributed by atoms with Crippen LogP contribution in [0.2, 0.25) is 0 Å². The van der Waals surface area contributed by atoms with Gasteiger partial charge in [0.25, 0.3) is 0 Å². The molecular formula is C37H50N5O4-. The van der Waals surface area contributed by atoms with Gasteiger partial charge in [0.05, 0.1) is 6.04 Å². The van der Waals surface area contributed by atoms with Crippen LogP contribution >= 0.6 is 0 Å². The number of aliphatic carboxylic acids is 1. The summed E-state index contributed by atoms with van der Waals surface area (Å²) < 4.78 is 0. The van der Waals surface area contributed by atoms with E-state index in [4.69, 9.17) is 16.2 Å². The van der Waals surface area contributed by atoms with Crippen LogP contribution in [-0.4, -0.2) is 58.6 Å². The lowest BCUT2D eigenvalue weighted by molar-refractivity contribution is -0.131. The number of unbranched alkanes of at least 4 members (excludes halogenated alkanes) is 7. The summed E-state index contributed by atoms with van der Waals surface area (Å²) in [5.41, 5.74) is 8.99. The largest absolute Gasteiger partial charge is 0.478 e. The van der Waals surface area contributed by atoms with Crippen LogP contribution in [0.3, 0.4) is 0 Å². The highest BCUT2D eigenvalue weighted by atomic mass is 16.4. The van der Waals surface area contributed by atoms with Gasteiger partial charge in [0, 0.05) is 25.6 Å². The van der Waals surface area contributed by atoms with Crippen molar-refractivity contribution < 1.29 is 19.8 Å². The molecule has 3 aromatic rings. The molecule has 46 heavy (non-hydrogen) atoms. The number of guanidine groups is 1. The molecule has 2 aromatic carbocycles. The quantitative estimate of drug-likeness (QED) is 0.0484. The standard InChI is InChI=1S/C37H50N5O4/c38-37-40-21-18-34(42-37)32(26-36(45)46)33(41-35-11-9-20-39-35)17-16-28(10-7-5-3-1-2-4-6-8-22-43)30-15-14-29-13-12-27(19-23-44)24-31(29)25-30/h9,11-15,20,23-26,28,33-34,39,43H,1-8,10,16-19,21-22H2,(H,45,46)(H3,38,40,42)/q-1. The maximum atomic E-state index is 12.1. The lowest BCUT2D eigenvalue weighted by Gasteiger charge is -2.35. The van der Waals surface area contributed by atoms with Crippen molar-refractivity contribution in [3.8, 4) is 0 Å². The maximum absolute atomic E-state index is 12.1. The summed E-state index contributed by atoms with van der Waals surface area (Å²) >= 11 is 0. The fourth-order valence-corrected chi connectivity index (χ4v) is 6.50. The summed E-state index contributed by atoms with van der Waals surface area (Å²) in [5.74, 6) is 0.297. The molecule has 0 amide bonds. The highest BCUT2D eigenvalue weighted by Crippen LogP contribution is 2.36. The molecule has 9 nitrogen and oxygen atoms in total. The van der Waals surface area contributed by atoms with Crippen molar-refractivity contribution >= 4 is 34.8 Å². The van der Waals surface area contributed by atoms with Crippen molar-refractivity contribution in [3.05, 3.63) is 82.8 Å². The van der Waals surface area contributed by atoms with Crippen molar-refractivity contribution in [2.24, 2.45) is 10.7 Å². The van der Waals surface area contributed by atoms with E-state index in [0.29, 0.717) is 43.2 Å². The third-order valence-electron chi connectivity index (χ3n) is 8.94. The van der Waals surface area contributed by atoms with E-state index in [-0.39, 0.29) is 24.6 Å². The number of aliphatic imine (C=N–C) groups is 1. The Morgan fingerprint density at radius 3 is 2.43 bits per heavy atom. The lowest BCUT2D eigenvalue weighted by atomic mass is 9.84. The molecule has 3 unspecified atom stereocenters. The number of hydrogen-bond acceptors (Lipinski definition) is 6. The SMILES string of the molecule is NC1=NCCC(C(=CC(=O)O)C(CCC(CCCCCCCCCCO)c2ccc3ccc(CC=O)cc3c2)[N-]c2ccc[nH]2)N1. The van der Waals surface area contributed by atoms with Crippen molar-refractivity contribution in [3.63, 3.8) is 0 Å². The van der Waals surface area contributed by atoms with Crippen molar-refractivity contribution in [2.75, 3.05) is 13.2 Å². The minimum absolute atomic E-state index is 0.259. The predicted molar refractivity (Wildman–Crippen MR) is 186 cm³/mol. The molecule has 2 heterocycles. The summed E-state index contributed by atoms with van der Waals surface area (Å²) in [6.45, 7) is 0.809. The summed E-state index contributed by atoms with van der Waals surface area (Å²) in [7, 11) is 0. The maximum Gasteiger partial charge on any atom is 0.328 e. The number of nitrogens with zero attached hydrogens (tertiary/aromatic N) is 2. The second-order valence-corrected chi connectivity index (χ2v) is 12.4. The Kier molecular flexibility index (Phi) is 14.2. The third kappa shape index (κ3) is 11.1. The molecule has 1 aromatic heterocycles. The number of rotatable bonds is 21. The highest BCUT2D eigenvalue weighted by Gasteiger charge is 2.25. The fraction of sp³-hybridized carbons (Fsp3) is 0.486. The number of nitrogens with one attached hydrogen (secondary N) is 2. The molecule has 0 spiro atoms. The van der Waals surface area contributed by atoms with Crippen LogP contribution in [-0.2, 0) is 16.0 Å². The van der Waals surface area contributed by atoms with E-state index in [1.54, 1.807) is 0 Å². The van der Waals surface area contributed by atoms with Gasteiger partial charge >= 0.3 is 5.97 Å². The molecule has 0 aliphatic carbocycles. The van der Waals surface area contributed by atoms with Crippen LogP contribution in [0, 0.1) is 0 Å². The van der Waals surface area contributed by atoms with E-state index in [0.717, 1.165) is 54.7 Å². The Bertz CT molecular complexity index is 1430. The van der Waals surface area contributed by atoms with Crippen LogP contribution in [0.25, 0.3) is 16.1 Å². The van der Waals surface area contributed by atoms with Gasteiger partial charge in [-0.1, -0.05) is 105 Å². The van der Waals surface area contributed by atoms with E-state index >= 15 is 0 Å². The molecule has 1 aliphatic rings. The van der Waals surface area contributed by atoms with E-state index in [2.05, 4.69) is 45.6 Å². The van der Waals surface area contributed by atoms with E-state index in [9.17, 15) is 14.7 Å². The Morgan fingerprint density at radius 1 is 0.978 bits per heavy atom. The number of carboxylic acid groups (broad SMARTS) is 1. The molecule has 4 rings (SSSR count). The van der Waals surface area contributed by atoms with Gasteiger partial charge in [0.2, 0.25) is 0 Å². The number of aliphatic hydroxyl groups is 1. The molecule has 0 saturated carbocycles. The van der Waals surface area contributed by atoms with Gasteiger partial charge in [-0.25, -0.2) is 4.79 Å². The molecule has 0 fully saturated rings. The molecule has 248 valence electrons. The number of carboxylic acids is 1. The number of fused-ring (bicyclic) bond motifs is 1. The number of aliphatic hydroxyl groups excluding tert-OH is 1.